The maximum absolute atomic E-state index is 4.59. The van der Waals surface area contributed by atoms with Gasteiger partial charge in [0.1, 0.15) is 5.82 Å². The van der Waals surface area contributed by atoms with Crippen molar-refractivity contribution in [2.45, 2.75) is 0 Å². The van der Waals surface area contributed by atoms with Crippen LogP contribution in [-0.4, -0.2) is 19.9 Å². The first-order valence-electron chi connectivity index (χ1n) is 5.70. The Bertz CT molecular complexity index is 808. The van der Waals surface area contributed by atoms with Gasteiger partial charge in [-0.25, -0.2) is 9.97 Å². The summed E-state index contributed by atoms with van der Waals surface area (Å²) >= 11 is 0. The van der Waals surface area contributed by atoms with Gasteiger partial charge in [0, 0.05) is 5.56 Å². The third kappa shape index (κ3) is 1.26. The third-order valence-electron chi connectivity index (χ3n) is 3.04. The Labute approximate surface area is 103 Å². The van der Waals surface area contributed by atoms with Crippen LogP contribution < -0.4 is 0 Å². The number of aromatic amines is 2. The summed E-state index contributed by atoms with van der Waals surface area (Å²) in [5, 5.41) is 0. The molecule has 0 spiro atoms. The zero-order valence-corrected chi connectivity index (χ0v) is 9.44. The van der Waals surface area contributed by atoms with Crippen molar-refractivity contribution in [1.29, 1.82) is 0 Å². The lowest BCUT2D eigenvalue weighted by Crippen LogP contribution is -1.82. The Balaban J connectivity index is 2.04. The van der Waals surface area contributed by atoms with E-state index in [9.17, 15) is 0 Å². The number of nitrogens with zero attached hydrogens (tertiary/aromatic N) is 2. The summed E-state index contributed by atoms with van der Waals surface area (Å²) in [7, 11) is 0. The van der Waals surface area contributed by atoms with Crippen LogP contribution in [0, 0.1) is 6.07 Å². The lowest BCUT2D eigenvalue weighted by molar-refractivity contribution is 1.32. The van der Waals surface area contributed by atoms with E-state index < -0.39 is 0 Å². The van der Waals surface area contributed by atoms with Gasteiger partial charge in [-0.05, 0) is 30.3 Å². The average Bonchev–Trinajstić information content (AvgIpc) is 3.04. The second-order valence-corrected chi connectivity index (χ2v) is 4.13. The highest BCUT2D eigenvalue weighted by Crippen LogP contribution is 2.25. The quantitative estimate of drug-likeness (QED) is 0.531. The summed E-state index contributed by atoms with van der Waals surface area (Å²) in [4.78, 5) is 15.3. The predicted octanol–water partition coefficient (Wildman–Crippen LogP) is 2.91. The Morgan fingerprint density at radius 2 is 2.11 bits per heavy atom. The number of hydrogen-bond donors (Lipinski definition) is 2. The molecule has 85 valence electrons. The van der Waals surface area contributed by atoms with Gasteiger partial charge in [0.25, 0.3) is 0 Å². The molecule has 2 heterocycles. The van der Waals surface area contributed by atoms with Crippen LogP contribution in [-0.2, 0) is 0 Å². The number of fused-ring (bicyclic) bond motifs is 2. The molecule has 4 nitrogen and oxygen atoms in total. The van der Waals surface area contributed by atoms with E-state index in [4.69, 9.17) is 0 Å². The Hall–Kier alpha value is -2.62. The SMILES string of the molecule is [c]1ccc2nc(-c3cccc4nc[nH]c34)[nH]c2c1. The molecule has 1 radical (unpaired) electrons. The minimum Gasteiger partial charge on any atom is -0.344 e. The first-order chi connectivity index (χ1) is 8.92. The summed E-state index contributed by atoms with van der Waals surface area (Å²) in [5.41, 5.74) is 4.91. The maximum Gasteiger partial charge on any atom is 0.140 e. The molecule has 18 heavy (non-hydrogen) atoms. The number of aromatic nitrogens is 4. The van der Waals surface area contributed by atoms with Crippen molar-refractivity contribution in [3.63, 3.8) is 0 Å². The van der Waals surface area contributed by atoms with Gasteiger partial charge in [-0.1, -0.05) is 12.1 Å². The highest BCUT2D eigenvalue weighted by atomic mass is 14.9. The van der Waals surface area contributed by atoms with E-state index in [-0.39, 0.29) is 0 Å². The molecule has 0 aliphatic rings. The largest absolute Gasteiger partial charge is 0.344 e. The summed E-state index contributed by atoms with van der Waals surface area (Å²) in [6.45, 7) is 0. The standard InChI is InChI=1S/C14H9N4/c1-2-6-11-10(5-1)17-14(18-11)9-4-3-7-12-13(9)16-8-15-12/h1,3-8H,(H,15,16)(H,17,18). The zero-order valence-electron chi connectivity index (χ0n) is 9.44. The molecule has 0 saturated heterocycles. The molecule has 4 rings (SSSR count). The lowest BCUT2D eigenvalue weighted by Gasteiger charge is -1.97. The van der Waals surface area contributed by atoms with Crippen molar-refractivity contribution >= 4 is 22.1 Å². The molecule has 0 bridgehead atoms. The minimum absolute atomic E-state index is 0.847. The van der Waals surface area contributed by atoms with Crippen molar-refractivity contribution < 1.29 is 0 Å². The van der Waals surface area contributed by atoms with E-state index in [1.807, 2.05) is 36.4 Å². The molecule has 2 N–H and O–H groups in total. The third-order valence-corrected chi connectivity index (χ3v) is 3.04. The molecule has 0 fully saturated rings. The summed E-state index contributed by atoms with van der Waals surface area (Å²) in [6, 6.07) is 14.7. The van der Waals surface area contributed by atoms with E-state index in [0.29, 0.717) is 0 Å². The topological polar surface area (TPSA) is 57.4 Å². The summed E-state index contributed by atoms with van der Waals surface area (Å²) < 4.78 is 0. The van der Waals surface area contributed by atoms with Gasteiger partial charge in [-0.3, -0.25) is 0 Å². The number of rotatable bonds is 1. The van der Waals surface area contributed by atoms with Crippen molar-refractivity contribution in [3.05, 3.63) is 48.8 Å². The van der Waals surface area contributed by atoms with Gasteiger partial charge < -0.3 is 9.97 Å². The van der Waals surface area contributed by atoms with Crippen LogP contribution in [0.5, 0.6) is 0 Å². The van der Waals surface area contributed by atoms with Crippen LogP contribution in [0.1, 0.15) is 0 Å². The van der Waals surface area contributed by atoms with Crippen molar-refractivity contribution in [3.8, 4) is 11.4 Å². The maximum atomic E-state index is 4.59. The van der Waals surface area contributed by atoms with Crippen LogP contribution in [0.15, 0.2) is 42.7 Å². The average molecular weight is 233 g/mol. The van der Waals surface area contributed by atoms with E-state index in [2.05, 4.69) is 26.0 Å². The van der Waals surface area contributed by atoms with Gasteiger partial charge in [-0.2, -0.15) is 0 Å². The Kier molecular flexibility index (Phi) is 1.80. The fourth-order valence-corrected chi connectivity index (χ4v) is 2.19. The molecular weight excluding hydrogens is 224 g/mol. The number of hydrogen-bond acceptors (Lipinski definition) is 2. The first-order valence-corrected chi connectivity index (χ1v) is 5.70. The predicted molar refractivity (Wildman–Crippen MR) is 70.0 cm³/mol. The van der Waals surface area contributed by atoms with Crippen LogP contribution in [0.25, 0.3) is 33.5 Å². The number of benzene rings is 2. The van der Waals surface area contributed by atoms with Gasteiger partial charge in [0.15, 0.2) is 0 Å². The summed E-state index contributed by atoms with van der Waals surface area (Å²) in [6.07, 6.45) is 1.70. The van der Waals surface area contributed by atoms with Crippen LogP contribution in [0.4, 0.5) is 0 Å². The van der Waals surface area contributed by atoms with E-state index in [1.165, 1.54) is 0 Å². The molecule has 2 aromatic heterocycles. The molecule has 0 amide bonds. The number of nitrogens with one attached hydrogen (secondary N) is 2. The lowest BCUT2D eigenvalue weighted by atomic mass is 10.2. The second kappa shape index (κ2) is 3.43. The van der Waals surface area contributed by atoms with Gasteiger partial charge in [-0.15, -0.1) is 0 Å². The highest BCUT2D eigenvalue weighted by molar-refractivity contribution is 5.91. The molecule has 2 aromatic carbocycles. The number of imidazole rings is 2. The van der Waals surface area contributed by atoms with E-state index in [0.717, 1.165) is 33.5 Å². The molecule has 0 unspecified atom stereocenters. The van der Waals surface area contributed by atoms with Crippen molar-refractivity contribution in [1.82, 2.24) is 19.9 Å². The molecule has 0 aliphatic carbocycles. The van der Waals surface area contributed by atoms with Crippen molar-refractivity contribution in [2.75, 3.05) is 0 Å². The second-order valence-electron chi connectivity index (χ2n) is 4.13. The molecule has 0 atom stereocenters. The Morgan fingerprint density at radius 3 is 3.06 bits per heavy atom. The smallest absolute Gasteiger partial charge is 0.140 e. The molecular formula is C14H9N4. The number of H-pyrrole nitrogens is 2. The van der Waals surface area contributed by atoms with Crippen LogP contribution in [0.2, 0.25) is 0 Å². The minimum atomic E-state index is 0.847. The van der Waals surface area contributed by atoms with E-state index in [1.54, 1.807) is 6.33 Å². The van der Waals surface area contributed by atoms with Gasteiger partial charge in [0.2, 0.25) is 0 Å². The van der Waals surface area contributed by atoms with Crippen molar-refractivity contribution in [2.24, 2.45) is 0 Å². The van der Waals surface area contributed by atoms with Gasteiger partial charge >= 0.3 is 0 Å². The molecule has 4 aromatic rings. The fraction of sp³-hybridized carbons (Fsp3) is 0. The van der Waals surface area contributed by atoms with Crippen LogP contribution >= 0.6 is 0 Å². The number of para-hydroxylation sites is 1. The zero-order chi connectivity index (χ0) is 11.9. The first kappa shape index (κ1) is 9.41. The molecule has 0 saturated carbocycles. The molecule has 4 heteroatoms. The molecule has 0 aliphatic heterocycles. The fourth-order valence-electron chi connectivity index (χ4n) is 2.19. The normalized spacial score (nSPS) is 11.3. The van der Waals surface area contributed by atoms with Gasteiger partial charge in [0.05, 0.1) is 28.4 Å². The van der Waals surface area contributed by atoms with Crippen LogP contribution in [0.3, 0.4) is 0 Å². The Morgan fingerprint density at radius 1 is 1.11 bits per heavy atom. The monoisotopic (exact) mass is 233 g/mol. The van der Waals surface area contributed by atoms with E-state index >= 15 is 0 Å². The highest BCUT2D eigenvalue weighted by Gasteiger charge is 2.09. The summed E-state index contributed by atoms with van der Waals surface area (Å²) in [5.74, 6) is 0.847.